The summed E-state index contributed by atoms with van der Waals surface area (Å²) in [7, 11) is 1.55. The number of aromatic nitrogens is 2. The van der Waals surface area contributed by atoms with E-state index in [-0.39, 0.29) is 5.91 Å². The number of hydrogen-bond donors (Lipinski definition) is 1. The maximum atomic E-state index is 12.6. The Morgan fingerprint density at radius 3 is 2.77 bits per heavy atom. The third kappa shape index (κ3) is 4.35. The molecule has 1 heterocycles. The molecule has 0 spiro atoms. The Bertz CT molecular complexity index is 775. The Hall–Kier alpha value is -1.67. The molecule has 1 aromatic heterocycles. The minimum absolute atomic E-state index is 0.251. The molecule has 2 aromatic rings. The van der Waals surface area contributed by atoms with Crippen LogP contribution in [-0.4, -0.2) is 29.8 Å². The van der Waals surface area contributed by atoms with E-state index in [4.69, 9.17) is 9.47 Å². The number of carbonyl (C=O) groups excluding carboxylic acids is 1. The van der Waals surface area contributed by atoms with Gasteiger partial charge in [-0.15, -0.1) is 10.2 Å². The summed E-state index contributed by atoms with van der Waals surface area (Å²) in [5.74, 6) is 1.32. The number of hydrogen-bond acceptors (Lipinski definition) is 6. The first kappa shape index (κ1) is 19.1. The molecule has 1 amide bonds. The van der Waals surface area contributed by atoms with E-state index in [1.807, 2.05) is 6.92 Å². The number of rotatable bonds is 6. The number of nitrogens with one attached hydrogen (secondary N) is 1. The molecule has 0 unspecified atom stereocenters. The van der Waals surface area contributed by atoms with Crippen molar-refractivity contribution in [2.45, 2.75) is 44.9 Å². The van der Waals surface area contributed by atoms with Gasteiger partial charge in [0.1, 0.15) is 5.01 Å². The predicted molar refractivity (Wildman–Crippen MR) is 106 cm³/mol. The van der Waals surface area contributed by atoms with Crippen molar-refractivity contribution in [2.75, 3.05) is 19.0 Å². The largest absolute Gasteiger partial charge is 0.493 e. The quantitative estimate of drug-likeness (QED) is 0.684. The summed E-state index contributed by atoms with van der Waals surface area (Å²) in [6, 6.07) is 3.38. The van der Waals surface area contributed by atoms with Gasteiger partial charge in [-0.1, -0.05) is 30.6 Å². The van der Waals surface area contributed by atoms with Crippen molar-refractivity contribution in [3.8, 4) is 11.5 Å². The molecule has 1 fully saturated rings. The summed E-state index contributed by atoms with van der Waals surface area (Å²) in [5.41, 5.74) is 0.464. The summed E-state index contributed by atoms with van der Waals surface area (Å²) >= 11 is 4.91. The van der Waals surface area contributed by atoms with Gasteiger partial charge < -0.3 is 9.47 Å². The summed E-state index contributed by atoms with van der Waals surface area (Å²) < 4.78 is 11.6. The van der Waals surface area contributed by atoms with Crippen LogP contribution in [0.15, 0.2) is 16.6 Å². The van der Waals surface area contributed by atoms with Crippen molar-refractivity contribution in [3.63, 3.8) is 0 Å². The van der Waals surface area contributed by atoms with Crippen LogP contribution >= 0.6 is 27.3 Å². The number of carbonyl (C=O) groups is 1. The maximum Gasteiger partial charge on any atom is 0.257 e. The highest BCUT2D eigenvalue weighted by Gasteiger charge is 2.21. The SMILES string of the molecule is CCOc1c(Br)cc(C(=O)Nc2nnc(C3CCCCC3)s2)cc1OC. The van der Waals surface area contributed by atoms with Crippen LogP contribution in [0.4, 0.5) is 5.13 Å². The summed E-state index contributed by atoms with van der Waals surface area (Å²) in [4.78, 5) is 12.6. The summed E-state index contributed by atoms with van der Waals surface area (Å²) in [6.07, 6.45) is 6.10. The second kappa shape index (κ2) is 8.81. The lowest BCUT2D eigenvalue weighted by atomic mass is 9.90. The monoisotopic (exact) mass is 439 g/mol. The van der Waals surface area contributed by atoms with Gasteiger partial charge in [0.25, 0.3) is 5.91 Å². The average Bonchev–Trinajstić information content (AvgIpc) is 3.12. The Balaban J connectivity index is 1.73. The molecule has 1 saturated carbocycles. The molecule has 1 N–H and O–H groups in total. The zero-order valence-corrected chi connectivity index (χ0v) is 17.3. The second-order valence-corrected chi connectivity index (χ2v) is 8.02. The minimum Gasteiger partial charge on any atom is -0.493 e. The van der Waals surface area contributed by atoms with Gasteiger partial charge in [-0.05, 0) is 47.8 Å². The molecular formula is C18H22BrN3O3S. The summed E-state index contributed by atoms with van der Waals surface area (Å²) in [6.45, 7) is 2.40. The van der Waals surface area contributed by atoms with E-state index in [9.17, 15) is 4.79 Å². The van der Waals surface area contributed by atoms with Crippen molar-refractivity contribution in [1.29, 1.82) is 0 Å². The number of ether oxygens (including phenoxy) is 2. The van der Waals surface area contributed by atoms with Crippen molar-refractivity contribution in [2.24, 2.45) is 0 Å². The van der Waals surface area contributed by atoms with Crippen LogP contribution in [0.25, 0.3) is 0 Å². The Morgan fingerprint density at radius 1 is 1.31 bits per heavy atom. The normalized spacial score (nSPS) is 14.9. The summed E-state index contributed by atoms with van der Waals surface area (Å²) in [5, 5.41) is 12.8. The predicted octanol–water partition coefficient (Wildman–Crippen LogP) is 5.01. The van der Waals surface area contributed by atoms with Crippen LogP contribution in [0.1, 0.15) is 60.3 Å². The van der Waals surface area contributed by atoms with E-state index in [1.54, 1.807) is 19.2 Å². The van der Waals surface area contributed by atoms with Crippen LogP contribution < -0.4 is 14.8 Å². The standard InChI is InChI=1S/C18H22BrN3O3S/c1-3-25-15-13(19)9-12(10-14(15)24-2)16(23)20-18-22-21-17(26-18)11-7-5-4-6-8-11/h9-11H,3-8H2,1-2H3,(H,20,22,23). The van der Waals surface area contributed by atoms with Crippen molar-refractivity contribution < 1.29 is 14.3 Å². The lowest BCUT2D eigenvalue weighted by Gasteiger charge is -2.18. The number of halogens is 1. The third-order valence-electron chi connectivity index (χ3n) is 4.40. The molecule has 6 nitrogen and oxygen atoms in total. The molecule has 0 radical (unpaired) electrons. The second-order valence-electron chi connectivity index (χ2n) is 6.16. The Kier molecular flexibility index (Phi) is 6.48. The molecule has 0 saturated heterocycles. The van der Waals surface area contributed by atoms with Gasteiger partial charge in [-0.2, -0.15) is 0 Å². The first-order valence-corrected chi connectivity index (χ1v) is 10.4. The van der Waals surface area contributed by atoms with E-state index in [0.29, 0.717) is 39.2 Å². The van der Waals surface area contributed by atoms with Crippen molar-refractivity contribution in [1.82, 2.24) is 10.2 Å². The molecule has 26 heavy (non-hydrogen) atoms. The molecule has 3 rings (SSSR count). The number of nitrogens with zero attached hydrogens (tertiary/aromatic N) is 2. The number of methoxy groups -OCH3 is 1. The maximum absolute atomic E-state index is 12.6. The van der Waals surface area contributed by atoms with Crippen molar-refractivity contribution in [3.05, 3.63) is 27.2 Å². The molecule has 1 aliphatic carbocycles. The first-order chi connectivity index (χ1) is 12.6. The Labute approximate surface area is 165 Å². The zero-order valence-electron chi connectivity index (χ0n) is 14.9. The fourth-order valence-electron chi connectivity index (χ4n) is 3.10. The van der Waals surface area contributed by atoms with Crippen LogP contribution in [0, 0.1) is 0 Å². The average molecular weight is 440 g/mol. The lowest BCUT2D eigenvalue weighted by molar-refractivity contribution is 0.102. The third-order valence-corrected chi connectivity index (χ3v) is 5.99. The molecule has 140 valence electrons. The van der Waals surface area contributed by atoms with E-state index in [1.165, 1.54) is 30.6 Å². The number of anilines is 1. The van der Waals surface area contributed by atoms with E-state index < -0.39 is 0 Å². The molecule has 0 atom stereocenters. The lowest BCUT2D eigenvalue weighted by Crippen LogP contribution is -2.12. The highest BCUT2D eigenvalue weighted by Crippen LogP contribution is 2.37. The molecule has 8 heteroatoms. The van der Waals surface area contributed by atoms with Crippen LogP contribution in [0.3, 0.4) is 0 Å². The zero-order chi connectivity index (χ0) is 18.5. The molecule has 1 aliphatic rings. The topological polar surface area (TPSA) is 73.3 Å². The van der Waals surface area contributed by atoms with Gasteiger partial charge in [0.05, 0.1) is 18.2 Å². The van der Waals surface area contributed by atoms with Gasteiger partial charge in [0.15, 0.2) is 11.5 Å². The molecular weight excluding hydrogens is 418 g/mol. The van der Waals surface area contributed by atoms with Gasteiger partial charge in [0, 0.05) is 11.5 Å². The van der Waals surface area contributed by atoms with E-state index >= 15 is 0 Å². The highest BCUT2D eigenvalue weighted by molar-refractivity contribution is 9.10. The van der Waals surface area contributed by atoms with Crippen LogP contribution in [0.2, 0.25) is 0 Å². The highest BCUT2D eigenvalue weighted by atomic mass is 79.9. The minimum atomic E-state index is -0.251. The van der Waals surface area contributed by atoms with Crippen molar-refractivity contribution >= 4 is 38.3 Å². The molecule has 1 aromatic carbocycles. The fourth-order valence-corrected chi connectivity index (χ4v) is 4.57. The van der Waals surface area contributed by atoms with Gasteiger partial charge in [-0.25, -0.2) is 0 Å². The smallest absolute Gasteiger partial charge is 0.257 e. The van der Waals surface area contributed by atoms with Gasteiger partial charge in [0.2, 0.25) is 5.13 Å². The fraction of sp³-hybridized carbons (Fsp3) is 0.500. The van der Waals surface area contributed by atoms with E-state index in [2.05, 4.69) is 31.4 Å². The van der Waals surface area contributed by atoms with Gasteiger partial charge >= 0.3 is 0 Å². The molecule has 0 aliphatic heterocycles. The van der Waals surface area contributed by atoms with E-state index in [0.717, 1.165) is 17.8 Å². The van der Waals surface area contributed by atoms with Gasteiger partial charge in [-0.3, -0.25) is 10.1 Å². The van der Waals surface area contributed by atoms with Crippen LogP contribution in [0.5, 0.6) is 11.5 Å². The Morgan fingerprint density at radius 2 is 2.08 bits per heavy atom. The first-order valence-electron chi connectivity index (χ1n) is 8.77. The number of amides is 1. The number of benzene rings is 1. The van der Waals surface area contributed by atoms with Crippen LogP contribution in [-0.2, 0) is 0 Å². The molecule has 0 bridgehead atoms.